The van der Waals surface area contributed by atoms with Crippen molar-refractivity contribution in [1.29, 1.82) is 0 Å². The molecular weight excluding hydrogens is 306 g/mol. The van der Waals surface area contributed by atoms with Gasteiger partial charge in [-0.2, -0.15) is 0 Å². The standard InChI is InChI=1S/C19H37NO4/c1-5-7-9-10-11-12-13-14-16-23-18(21)17(3)20(4)19(22)24-15-8-6-2/h17H,5-16H2,1-4H3. The molecule has 0 aliphatic rings. The van der Waals surface area contributed by atoms with Crippen LogP contribution in [0.25, 0.3) is 0 Å². The van der Waals surface area contributed by atoms with E-state index in [1.165, 1.54) is 43.4 Å². The fourth-order valence-corrected chi connectivity index (χ4v) is 2.25. The fraction of sp³-hybridized carbons (Fsp3) is 0.895. The molecule has 5 heteroatoms. The Bertz CT molecular complexity index is 333. The van der Waals surface area contributed by atoms with Crippen molar-refractivity contribution in [3.05, 3.63) is 0 Å². The van der Waals surface area contributed by atoms with Gasteiger partial charge in [-0.15, -0.1) is 0 Å². The lowest BCUT2D eigenvalue weighted by atomic mass is 10.1. The van der Waals surface area contributed by atoms with Crippen molar-refractivity contribution in [2.75, 3.05) is 20.3 Å². The first-order chi connectivity index (χ1) is 11.5. The Morgan fingerprint density at radius 3 is 1.88 bits per heavy atom. The third-order valence-electron chi connectivity index (χ3n) is 4.18. The normalized spacial score (nSPS) is 11.8. The third kappa shape index (κ3) is 11.3. The highest BCUT2D eigenvalue weighted by molar-refractivity contribution is 5.80. The van der Waals surface area contributed by atoms with Gasteiger partial charge in [-0.3, -0.25) is 4.90 Å². The predicted molar refractivity (Wildman–Crippen MR) is 97.1 cm³/mol. The molecule has 0 aliphatic heterocycles. The quantitative estimate of drug-likeness (QED) is 0.331. The minimum atomic E-state index is -0.617. The van der Waals surface area contributed by atoms with Crippen molar-refractivity contribution < 1.29 is 19.1 Å². The lowest BCUT2D eigenvalue weighted by Crippen LogP contribution is -2.41. The second-order valence-corrected chi connectivity index (χ2v) is 6.40. The number of hydrogen-bond acceptors (Lipinski definition) is 4. The van der Waals surface area contributed by atoms with Crippen LogP contribution >= 0.6 is 0 Å². The lowest BCUT2D eigenvalue weighted by Gasteiger charge is -2.22. The largest absolute Gasteiger partial charge is 0.464 e. The summed E-state index contributed by atoms with van der Waals surface area (Å²) in [5.74, 6) is -0.368. The lowest BCUT2D eigenvalue weighted by molar-refractivity contribution is -0.148. The molecule has 1 atom stereocenters. The Morgan fingerprint density at radius 2 is 1.29 bits per heavy atom. The van der Waals surface area contributed by atoms with Crippen LogP contribution in [0.15, 0.2) is 0 Å². The maximum Gasteiger partial charge on any atom is 0.410 e. The minimum absolute atomic E-state index is 0.368. The van der Waals surface area contributed by atoms with Crippen molar-refractivity contribution in [3.8, 4) is 0 Å². The van der Waals surface area contributed by atoms with Crippen molar-refractivity contribution >= 4 is 12.1 Å². The molecule has 0 spiro atoms. The zero-order chi connectivity index (χ0) is 18.2. The molecule has 0 aliphatic carbocycles. The molecule has 1 amide bonds. The average Bonchev–Trinajstić information content (AvgIpc) is 2.58. The van der Waals surface area contributed by atoms with E-state index in [1.54, 1.807) is 14.0 Å². The van der Waals surface area contributed by atoms with Gasteiger partial charge < -0.3 is 9.47 Å². The van der Waals surface area contributed by atoms with E-state index in [9.17, 15) is 9.59 Å². The van der Waals surface area contributed by atoms with E-state index >= 15 is 0 Å². The molecule has 0 heterocycles. The summed E-state index contributed by atoms with van der Waals surface area (Å²) in [4.78, 5) is 25.0. The molecule has 5 nitrogen and oxygen atoms in total. The summed E-state index contributed by atoms with van der Waals surface area (Å²) < 4.78 is 10.4. The molecule has 0 radical (unpaired) electrons. The summed E-state index contributed by atoms with van der Waals surface area (Å²) in [6.45, 7) is 6.73. The fourth-order valence-electron chi connectivity index (χ4n) is 2.25. The summed E-state index contributed by atoms with van der Waals surface area (Å²) in [7, 11) is 1.57. The number of likely N-dealkylation sites (N-methyl/N-ethyl adjacent to an activating group) is 1. The van der Waals surface area contributed by atoms with Crippen LogP contribution in [0.4, 0.5) is 4.79 Å². The number of carbonyl (C=O) groups excluding carboxylic acids is 2. The molecular formula is C19H37NO4. The van der Waals surface area contributed by atoms with E-state index in [0.717, 1.165) is 25.7 Å². The van der Waals surface area contributed by atoms with Gasteiger partial charge in [0, 0.05) is 7.05 Å². The van der Waals surface area contributed by atoms with Gasteiger partial charge in [-0.1, -0.05) is 65.2 Å². The van der Waals surface area contributed by atoms with E-state index < -0.39 is 12.1 Å². The average molecular weight is 344 g/mol. The highest BCUT2D eigenvalue weighted by Crippen LogP contribution is 2.09. The minimum Gasteiger partial charge on any atom is -0.464 e. The van der Waals surface area contributed by atoms with Gasteiger partial charge in [0.1, 0.15) is 6.04 Å². The summed E-state index contributed by atoms with van der Waals surface area (Å²) >= 11 is 0. The van der Waals surface area contributed by atoms with Gasteiger partial charge in [-0.25, -0.2) is 9.59 Å². The molecule has 24 heavy (non-hydrogen) atoms. The summed E-state index contributed by atoms with van der Waals surface area (Å²) in [5, 5.41) is 0. The van der Waals surface area contributed by atoms with Crippen molar-refractivity contribution in [3.63, 3.8) is 0 Å². The van der Waals surface area contributed by atoms with Crippen LogP contribution < -0.4 is 0 Å². The number of rotatable bonds is 14. The van der Waals surface area contributed by atoms with Crippen molar-refractivity contribution in [2.45, 2.75) is 91.0 Å². The van der Waals surface area contributed by atoms with Gasteiger partial charge >= 0.3 is 12.1 Å². The maximum absolute atomic E-state index is 12.0. The Labute approximate surface area is 148 Å². The Balaban J connectivity index is 3.72. The number of carbonyl (C=O) groups is 2. The third-order valence-corrected chi connectivity index (χ3v) is 4.18. The van der Waals surface area contributed by atoms with Crippen LogP contribution in [0.2, 0.25) is 0 Å². The first-order valence-electron chi connectivity index (χ1n) is 9.60. The maximum atomic E-state index is 12.0. The number of ether oxygens (including phenoxy) is 2. The monoisotopic (exact) mass is 343 g/mol. The number of unbranched alkanes of at least 4 members (excludes halogenated alkanes) is 8. The topological polar surface area (TPSA) is 55.8 Å². The van der Waals surface area contributed by atoms with Crippen LogP contribution in [0.5, 0.6) is 0 Å². The van der Waals surface area contributed by atoms with E-state index in [0.29, 0.717) is 13.2 Å². The molecule has 0 saturated carbocycles. The summed E-state index contributed by atoms with van der Waals surface area (Å²) in [5.41, 5.74) is 0. The molecule has 142 valence electrons. The molecule has 0 fully saturated rings. The van der Waals surface area contributed by atoms with Crippen LogP contribution in [-0.2, 0) is 14.3 Å². The van der Waals surface area contributed by atoms with Gasteiger partial charge in [-0.05, 0) is 19.8 Å². The Hall–Kier alpha value is -1.26. The molecule has 0 N–H and O–H groups in total. The second-order valence-electron chi connectivity index (χ2n) is 6.40. The van der Waals surface area contributed by atoms with E-state index in [-0.39, 0.29) is 5.97 Å². The SMILES string of the molecule is CCCCCCCCCCOC(=O)C(C)N(C)C(=O)OCCCC. The molecule has 0 rings (SSSR count). The van der Waals surface area contributed by atoms with Gasteiger partial charge in [0.15, 0.2) is 0 Å². The van der Waals surface area contributed by atoms with E-state index in [1.807, 2.05) is 6.92 Å². The van der Waals surface area contributed by atoms with Crippen LogP contribution in [-0.4, -0.2) is 43.3 Å². The van der Waals surface area contributed by atoms with Crippen LogP contribution in [0.1, 0.15) is 85.0 Å². The highest BCUT2D eigenvalue weighted by atomic mass is 16.6. The molecule has 0 bridgehead atoms. The number of nitrogens with zero attached hydrogens (tertiary/aromatic N) is 1. The zero-order valence-electron chi connectivity index (χ0n) is 16.1. The van der Waals surface area contributed by atoms with Gasteiger partial charge in [0.05, 0.1) is 13.2 Å². The first kappa shape index (κ1) is 22.7. The van der Waals surface area contributed by atoms with Crippen LogP contribution in [0, 0.1) is 0 Å². The highest BCUT2D eigenvalue weighted by Gasteiger charge is 2.24. The molecule has 1 unspecified atom stereocenters. The van der Waals surface area contributed by atoms with Gasteiger partial charge in [0.2, 0.25) is 0 Å². The Kier molecular flexibility index (Phi) is 14.5. The number of esters is 1. The molecule has 0 aromatic carbocycles. The van der Waals surface area contributed by atoms with Crippen molar-refractivity contribution in [2.24, 2.45) is 0 Å². The zero-order valence-corrected chi connectivity index (χ0v) is 16.1. The number of amides is 1. The van der Waals surface area contributed by atoms with Crippen LogP contribution in [0.3, 0.4) is 0 Å². The molecule has 0 saturated heterocycles. The smallest absolute Gasteiger partial charge is 0.410 e. The first-order valence-corrected chi connectivity index (χ1v) is 9.60. The van der Waals surface area contributed by atoms with E-state index in [2.05, 4.69) is 6.92 Å². The van der Waals surface area contributed by atoms with Crippen molar-refractivity contribution in [1.82, 2.24) is 4.90 Å². The summed E-state index contributed by atoms with van der Waals surface area (Å²) in [6, 6.07) is -0.617. The van der Waals surface area contributed by atoms with E-state index in [4.69, 9.17) is 9.47 Å². The molecule has 0 aromatic heterocycles. The summed E-state index contributed by atoms with van der Waals surface area (Å²) in [6.07, 6.45) is 11.0. The van der Waals surface area contributed by atoms with Gasteiger partial charge in [0.25, 0.3) is 0 Å². The number of hydrogen-bond donors (Lipinski definition) is 0. The second kappa shape index (κ2) is 15.3. The molecule has 0 aromatic rings. The Morgan fingerprint density at radius 1 is 0.792 bits per heavy atom. The predicted octanol–water partition coefficient (Wildman–Crippen LogP) is 4.93.